The van der Waals surface area contributed by atoms with Gasteiger partial charge >= 0.3 is 7.12 Å². The summed E-state index contributed by atoms with van der Waals surface area (Å²) in [6.07, 6.45) is 9.44. The van der Waals surface area contributed by atoms with Crippen molar-refractivity contribution in [2.75, 3.05) is 11.5 Å². The molecule has 42 heavy (non-hydrogen) atoms. The summed E-state index contributed by atoms with van der Waals surface area (Å²) in [5, 5.41) is 17.2. The van der Waals surface area contributed by atoms with Crippen LogP contribution in [-0.4, -0.2) is 58.7 Å². The summed E-state index contributed by atoms with van der Waals surface area (Å²) < 4.78 is 1.94. The molecule has 0 aliphatic heterocycles. The molecular weight excluding hydrogens is 603 g/mol. The number of nitrogens with two attached hydrogens (primary N) is 2. The van der Waals surface area contributed by atoms with E-state index in [0.717, 1.165) is 47.4 Å². The largest absolute Gasteiger partial charge is 0.490 e. The van der Waals surface area contributed by atoms with Gasteiger partial charge in [-0.05, 0) is 62.4 Å². The molecule has 0 bridgehead atoms. The fraction of sp³-hybridized carbons (Fsp3) is 0.310. The minimum atomic E-state index is -1.46. The first-order valence-corrected chi connectivity index (χ1v) is 14.3. The number of hydrogen-bond acceptors (Lipinski definition) is 10. The molecule has 2 aliphatic rings. The Morgan fingerprint density at radius 2 is 1.43 bits per heavy atom. The molecule has 220 valence electrons. The number of imidazole rings is 1. The number of hydrogen-bond donors (Lipinski definition) is 4. The molecule has 4 aromatic rings. The minimum Gasteiger partial charge on any atom is -0.423 e. The van der Waals surface area contributed by atoms with E-state index in [9.17, 15) is 14.4 Å². The van der Waals surface area contributed by atoms with Crippen molar-refractivity contribution in [3.63, 3.8) is 0 Å². The lowest BCUT2D eigenvalue weighted by Gasteiger charge is -2.12. The zero-order valence-corrected chi connectivity index (χ0v) is 25.1. The highest BCUT2D eigenvalue weighted by molar-refractivity contribution is 9.10. The van der Waals surface area contributed by atoms with E-state index in [2.05, 4.69) is 30.9 Å². The summed E-state index contributed by atoms with van der Waals surface area (Å²) in [4.78, 5) is 44.8. The van der Waals surface area contributed by atoms with Gasteiger partial charge in [0.1, 0.15) is 27.8 Å². The fourth-order valence-corrected chi connectivity index (χ4v) is 4.58. The van der Waals surface area contributed by atoms with E-state index in [1.54, 1.807) is 12.3 Å². The topological polar surface area (TPSA) is 187 Å². The maximum Gasteiger partial charge on any atom is 0.490 e. The molecule has 0 unspecified atom stereocenters. The summed E-state index contributed by atoms with van der Waals surface area (Å²) >= 11 is 3.02. The van der Waals surface area contributed by atoms with Crippen LogP contribution in [0.2, 0.25) is 0 Å². The van der Waals surface area contributed by atoms with Crippen molar-refractivity contribution >= 4 is 63.1 Å². The molecule has 4 aromatic heterocycles. The van der Waals surface area contributed by atoms with Crippen molar-refractivity contribution in [2.24, 2.45) is 0 Å². The van der Waals surface area contributed by atoms with Crippen LogP contribution in [0.25, 0.3) is 5.65 Å². The molecule has 0 amide bonds. The Balaban J connectivity index is 0.000000160. The van der Waals surface area contributed by atoms with Gasteiger partial charge in [-0.3, -0.25) is 18.8 Å². The Bertz CT molecular complexity index is 1490. The van der Waals surface area contributed by atoms with Crippen molar-refractivity contribution in [3.05, 3.63) is 77.5 Å². The second-order valence-electron chi connectivity index (χ2n) is 9.92. The number of aryl methyl sites for hydroxylation is 3. The standard InChI is InChI=1S/C12H12N2O.C6H7BrO2.C6H8N2.C5H7BN2O2/c1-8-5-6-11-13-9-3-2-4-10(15)12(9)14(11)7-8;7-6-4(8)2-1-3-5(6)9;1-5-2-3-6(7)8-4-5;7-5-2-1-4(3-8-5)6(9)10/h5-7H,2-4H2,1H3;6H,1-3H2;2-4H,1H3,(H2,7,8);1-3,9-10H,(H2,7,8). The molecule has 2 aliphatic carbocycles. The molecular formula is C29H34BBrN6O5. The summed E-state index contributed by atoms with van der Waals surface area (Å²) in [5.41, 5.74) is 15.9. The molecule has 6 N–H and O–H groups in total. The van der Waals surface area contributed by atoms with Gasteiger partial charge in [0.2, 0.25) is 0 Å². The number of carbonyl (C=O) groups is 3. The van der Waals surface area contributed by atoms with E-state index in [1.165, 1.54) is 18.3 Å². The summed E-state index contributed by atoms with van der Waals surface area (Å²) in [7, 11) is -1.46. The van der Waals surface area contributed by atoms with Gasteiger partial charge in [0, 0.05) is 43.3 Å². The Morgan fingerprint density at radius 3 is 1.95 bits per heavy atom. The van der Waals surface area contributed by atoms with Gasteiger partial charge < -0.3 is 21.5 Å². The molecule has 13 heteroatoms. The minimum absolute atomic E-state index is 0.0336. The molecule has 0 aromatic carbocycles. The number of fused-ring (bicyclic) bond motifs is 3. The number of Topliss-reactive ketones (excluding diaryl/α,β-unsaturated/α-hetero) is 3. The van der Waals surface area contributed by atoms with Crippen LogP contribution >= 0.6 is 15.9 Å². The Kier molecular flexibility index (Phi) is 11.9. The van der Waals surface area contributed by atoms with Crippen LogP contribution in [0.1, 0.15) is 59.4 Å². The van der Waals surface area contributed by atoms with Crippen LogP contribution in [0.5, 0.6) is 0 Å². The highest BCUT2D eigenvalue weighted by atomic mass is 79.9. The van der Waals surface area contributed by atoms with E-state index in [4.69, 9.17) is 21.5 Å². The Morgan fingerprint density at radius 1 is 0.833 bits per heavy atom. The monoisotopic (exact) mass is 636 g/mol. The van der Waals surface area contributed by atoms with Crippen molar-refractivity contribution in [2.45, 2.75) is 57.2 Å². The zero-order chi connectivity index (χ0) is 30.8. The van der Waals surface area contributed by atoms with Gasteiger partial charge in [-0.25, -0.2) is 15.0 Å². The third-order valence-electron chi connectivity index (χ3n) is 6.37. The fourth-order valence-electron chi connectivity index (χ4n) is 4.12. The number of anilines is 2. The number of nitrogen functional groups attached to an aromatic ring is 2. The number of alkyl halides is 1. The Hall–Kier alpha value is -3.94. The van der Waals surface area contributed by atoms with E-state index >= 15 is 0 Å². The predicted molar refractivity (Wildman–Crippen MR) is 166 cm³/mol. The first kappa shape index (κ1) is 32.6. The number of aromatic nitrogens is 4. The lowest BCUT2D eigenvalue weighted by Crippen LogP contribution is -2.29. The van der Waals surface area contributed by atoms with Crippen LogP contribution < -0.4 is 16.9 Å². The van der Waals surface area contributed by atoms with E-state index in [1.807, 2.05) is 42.6 Å². The van der Waals surface area contributed by atoms with Crippen molar-refractivity contribution in [1.82, 2.24) is 19.4 Å². The normalized spacial score (nSPS) is 14.5. The average Bonchev–Trinajstić information content (AvgIpc) is 3.33. The number of pyridine rings is 3. The predicted octanol–water partition coefficient (Wildman–Crippen LogP) is 2.55. The lowest BCUT2D eigenvalue weighted by molar-refractivity contribution is -0.128. The number of halogens is 1. The third kappa shape index (κ3) is 9.30. The highest BCUT2D eigenvalue weighted by Gasteiger charge is 2.26. The second-order valence-corrected chi connectivity index (χ2v) is 10.8. The smallest absolute Gasteiger partial charge is 0.423 e. The first-order valence-electron chi connectivity index (χ1n) is 13.4. The maximum atomic E-state index is 11.8. The van der Waals surface area contributed by atoms with Crippen molar-refractivity contribution < 1.29 is 24.4 Å². The molecule has 1 saturated carbocycles. The molecule has 11 nitrogen and oxygen atoms in total. The summed E-state index contributed by atoms with van der Waals surface area (Å²) in [6, 6.07) is 10.7. The number of rotatable bonds is 1. The molecule has 0 atom stereocenters. The second kappa shape index (κ2) is 15.3. The van der Waals surface area contributed by atoms with E-state index in [0.29, 0.717) is 36.4 Å². The quantitative estimate of drug-likeness (QED) is 0.137. The van der Waals surface area contributed by atoms with E-state index < -0.39 is 11.9 Å². The van der Waals surface area contributed by atoms with Crippen LogP contribution in [0.4, 0.5) is 11.6 Å². The molecule has 0 radical (unpaired) electrons. The molecule has 6 rings (SSSR count). The molecule has 0 spiro atoms. The van der Waals surface area contributed by atoms with Gasteiger partial charge in [0.25, 0.3) is 0 Å². The first-order chi connectivity index (χ1) is 20.0. The van der Waals surface area contributed by atoms with Gasteiger partial charge in [-0.2, -0.15) is 0 Å². The van der Waals surface area contributed by atoms with Crippen LogP contribution in [0.15, 0.2) is 55.0 Å². The van der Waals surface area contributed by atoms with Crippen molar-refractivity contribution in [3.8, 4) is 0 Å². The number of nitrogens with zero attached hydrogens (tertiary/aromatic N) is 4. The average molecular weight is 637 g/mol. The van der Waals surface area contributed by atoms with Crippen LogP contribution in [-0.2, 0) is 16.0 Å². The van der Waals surface area contributed by atoms with Crippen molar-refractivity contribution in [1.29, 1.82) is 0 Å². The molecule has 1 fully saturated rings. The van der Waals surface area contributed by atoms with E-state index in [-0.39, 0.29) is 17.3 Å². The summed E-state index contributed by atoms with van der Waals surface area (Å²) in [6.45, 7) is 4.01. The van der Waals surface area contributed by atoms with Crippen LogP contribution in [0, 0.1) is 13.8 Å². The van der Waals surface area contributed by atoms with Gasteiger partial charge in [0.15, 0.2) is 17.3 Å². The Labute approximate surface area is 252 Å². The van der Waals surface area contributed by atoms with Gasteiger partial charge in [-0.1, -0.05) is 34.1 Å². The van der Waals surface area contributed by atoms with Gasteiger partial charge in [-0.15, -0.1) is 0 Å². The third-order valence-corrected chi connectivity index (χ3v) is 7.39. The number of carbonyl (C=O) groups excluding carboxylic acids is 3. The molecule has 0 saturated heterocycles. The maximum absolute atomic E-state index is 11.8. The lowest BCUT2D eigenvalue weighted by atomic mass is 9.82. The molecule has 4 heterocycles. The van der Waals surface area contributed by atoms with Gasteiger partial charge in [0.05, 0.1) is 5.69 Å². The van der Waals surface area contributed by atoms with Crippen LogP contribution in [0.3, 0.4) is 0 Å². The highest BCUT2D eigenvalue weighted by Crippen LogP contribution is 2.22. The zero-order valence-electron chi connectivity index (χ0n) is 23.5. The SMILES string of the molecule is Cc1ccc(N)nc1.Cc1ccc2nc3c(n2c1)C(=O)CCC3.Nc1ccc(B(O)O)cn1.O=C1CCCC(=O)C1Br. The summed E-state index contributed by atoms with van der Waals surface area (Å²) in [5.74, 6) is 1.24. The number of ketones is 3.